The van der Waals surface area contributed by atoms with Crippen molar-refractivity contribution in [3.05, 3.63) is 0 Å². The summed E-state index contributed by atoms with van der Waals surface area (Å²) in [6.45, 7) is 2.25. The Labute approximate surface area is 69.3 Å². The van der Waals surface area contributed by atoms with E-state index in [4.69, 9.17) is 0 Å². The highest BCUT2D eigenvalue weighted by molar-refractivity contribution is 14.1. The van der Waals surface area contributed by atoms with E-state index in [0.29, 0.717) is 6.54 Å². The van der Waals surface area contributed by atoms with Gasteiger partial charge in [0.1, 0.15) is 0 Å². The summed E-state index contributed by atoms with van der Waals surface area (Å²) < 4.78 is 24.9. The van der Waals surface area contributed by atoms with E-state index in [-0.39, 0.29) is 0 Å². The molecule has 0 heterocycles. The fourth-order valence-corrected chi connectivity index (χ4v) is 1.70. The lowest BCUT2D eigenvalue weighted by molar-refractivity contribution is 0.485. The molecule has 0 aromatic rings. The third kappa shape index (κ3) is 2.78. The van der Waals surface area contributed by atoms with Crippen molar-refractivity contribution in [3.8, 4) is 0 Å². The van der Waals surface area contributed by atoms with Gasteiger partial charge in [-0.3, -0.25) is 0 Å². The third-order valence-electron chi connectivity index (χ3n) is 0.953. The monoisotopic (exact) mass is 264 g/mol. The molecule has 0 aromatic carbocycles. The summed E-state index contributed by atoms with van der Waals surface area (Å²) in [5.41, 5.74) is 0. The standard InChI is InChI=1S/C3H9IN2O2S/c1-3-6(2)9(7,8)5-4/h5H,3H2,1-2H3. The number of hydrogen-bond donors (Lipinski definition) is 1. The van der Waals surface area contributed by atoms with Crippen LogP contribution in [0.2, 0.25) is 0 Å². The third-order valence-corrected chi connectivity index (χ3v) is 3.90. The van der Waals surface area contributed by atoms with Gasteiger partial charge in [-0.1, -0.05) is 6.92 Å². The molecule has 0 atom stereocenters. The molecule has 0 aromatic heterocycles. The summed E-state index contributed by atoms with van der Waals surface area (Å²) in [4.78, 5) is 0. The van der Waals surface area contributed by atoms with E-state index in [9.17, 15) is 8.42 Å². The molecule has 9 heavy (non-hydrogen) atoms. The molecule has 56 valence electrons. The minimum absolute atomic E-state index is 0.484. The second-order valence-corrected chi connectivity index (χ2v) is 4.55. The minimum Gasteiger partial charge on any atom is -0.194 e. The highest BCUT2D eigenvalue weighted by Crippen LogP contribution is 1.93. The van der Waals surface area contributed by atoms with Gasteiger partial charge < -0.3 is 0 Å². The Morgan fingerprint density at radius 3 is 2.22 bits per heavy atom. The summed E-state index contributed by atoms with van der Waals surface area (Å²) in [5.74, 6) is 0. The van der Waals surface area contributed by atoms with Gasteiger partial charge in [-0.05, 0) is 0 Å². The van der Waals surface area contributed by atoms with Crippen LogP contribution >= 0.6 is 22.9 Å². The molecule has 0 saturated carbocycles. The van der Waals surface area contributed by atoms with Gasteiger partial charge in [0.15, 0.2) is 0 Å². The van der Waals surface area contributed by atoms with Crippen molar-refractivity contribution in [2.45, 2.75) is 6.92 Å². The molecule has 1 N–H and O–H groups in total. The molecular weight excluding hydrogens is 255 g/mol. The maximum atomic E-state index is 10.7. The first-order chi connectivity index (χ1) is 4.04. The molecule has 0 amide bonds. The Kier molecular flexibility index (Phi) is 3.94. The fourth-order valence-electron chi connectivity index (χ4n) is 0.229. The van der Waals surface area contributed by atoms with Crippen molar-refractivity contribution >= 4 is 33.1 Å². The molecule has 0 rings (SSSR count). The van der Waals surface area contributed by atoms with Crippen LogP contribution in [0.3, 0.4) is 0 Å². The van der Waals surface area contributed by atoms with Crippen LogP contribution in [0.4, 0.5) is 0 Å². The van der Waals surface area contributed by atoms with Crippen LogP contribution in [-0.2, 0) is 10.2 Å². The Hall–Kier alpha value is 0.600. The van der Waals surface area contributed by atoms with Crippen LogP contribution in [0.5, 0.6) is 0 Å². The maximum Gasteiger partial charge on any atom is 0.287 e. The highest BCUT2D eigenvalue weighted by atomic mass is 127. The summed E-state index contributed by atoms with van der Waals surface area (Å²) >= 11 is 1.59. The second kappa shape index (κ2) is 3.69. The lowest BCUT2D eigenvalue weighted by Crippen LogP contribution is -2.32. The maximum absolute atomic E-state index is 10.7. The van der Waals surface area contributed by atoms with Gasteiger partial charge in [-0.25, -0.2) is 0 Å². The lowest BCUT2D eigenvalue weighted by atomic mass is 10.8. The first kappa shape index (κ1) is 9.60. The van der Waals surface area contributed by atoms with E-state index in [0.717, 1.165) is 0 Å². The molecule has 0 aliphatic rings. The van der Waals surface area contributed by atoms with E-state index in [1.165, 1.54) is 11.4 Å². The summed E-state index contributed by atoms with van der Waals surface area (Å²) in [5, 5.41) is 0. The predicted molar refractivity (Wildman–Crippen MR) is 44.4 cm³/mol. The van der Waals surface area contributed by atoms with Gasteiger partial charge in [0, 0.05) is 36.5 Å². The summed E-state index contributed by atoms with van der Waals surface area (Å²) in [7, 11) is -1.66. The van der Waals surface area contributed by atoms with Crippen molar-refractivity contribution in [3.63, 3.8) is 0 Å². The minimum atomic E-state index is -3.18. The van der Waals surface area contributed by atoms with Crippen LogP contribution in [0.25, 0.3) is 0 Å². The largest absolute Gasteiger partial charge is 0.287 e. The van der Waals surface area contributed by atoms with E-state index < -0.39 is 10.2 Å². The Morgan fingerprint density at radius 2 is 2.11 bits per heavy atom. The number of hydrogen-bond acceptors (Lipinski definition) is 2. The number of rotatable bonds is 3. The molecule has 6 heteroatoms. The normalized spacial score (nSPS) is 12.4. The molecule has 0 aliphatic carbocycles. The zero-order valence-corrected chi connectivity index (χ0v) is 8.23. The highest BCUT2D eigenvalue weighted by Gasteiger charge is 2.11. The molecule has 0 aliphatic heterocycles. The van der Waals surface area contributed by atoms with E-state index in [1.54, 1.807) is 29.8 Å². The van der Waals surface area contributed by atoms with Crippen LogP contribution in [-0.4, -0.2) is 26.3 Å². The van der Waals surface area contributed by atoms with E-state index in [1.807, 2.05) is 0 Å². The Morgan fingerprint density at radius 1 is 1.67 bits per heavy atom. The quantitative estimate of drug-likeness (QED) is 0.581. The molecule has 0 unspecified atom stereocenters. The van der Waals surface area contributed by atoms with Gasteiger partial charge in [-0.2, -0.15) is 12.7 Å². The van der Waals surface area contributed by atoms with Crippen LogP contribution in [0.1, 0.15) is 6.92 Å². The summed E-state index contributed by atoms with van der Waals surface area (Å²) in [6.07, 6.45) is 0. The zero-order valence-electron chi connectivity index (χ0n) is 5.26. The number of halogens is 1. The van der Waals surface area contributed by atoms with E-state index in [2.05, 4.69) is 2.94 Å². The molecule has 0 fully saturated rings. The van der Waals surface area contributed by atoms with Crippen LogP contribution in [0, 0.1) is 0 Å². The van der Waals surface area contributed by atoms with Gasteiger partial charge >= 0.3 is 0 Å². The number of nitrogens with zero attached hydrogens (tertiary/aromatic N) is 1. The second-order valence-electron chi connectivity index (χ2n) is 1.50. The van der Waals surface area contributed by atoms with Gasteiger partial charge in [-0.15, -0.1) is 2.94 Å². The van der Waals surface area contributed by atoms with Crippen LogP contribution in [0.15, 0.2) is 0 Å². The molecule has 4 nitrogen and oxygen atoms in total. The average molecular weight is 264 g/mol. The summed E-state index contributed by atoms with van der Waals surface area (Å²) in [6, 6.07) is 0. The van der Waals surface area contributed by atoms with Gasteiger partial charge in [0.05, 0.1) is 0 Å². The van der Waals surface area contributed by atoms with E-state index >= 15 is 0 Å². The molecule has 0 radical (unpaired) electrons. The smallest absolute Gasteiger partial charge is 0.194 e. The van der Waals surface area contributed by atoms with Crippen molar-refractivity contribution in [2.24, 2.45) is 0 Å². The first-order valence-corrected chi connectivity index (χ1v) is 4.90. The molecular formula is C3H9IN2O2S. The van der Waals surface area contributed by atoms with Gasteiger partial charge in [0.25, 0.3) is 10.2 Å². The zero-order chi connectivity index (χ0) is 7.49. The lowest BCUT2D eigenvalue weighted by Gasteiger charge is -2.11. The Bertz CT molecular complexity index is 167. The van der Waals surface area contributed by atoms with Crippen molar-refractivity contribution in [1.82, 2.24) is 7.24 Å². The Balaban J connectivity index is 4.17. The van der Waals surface area contributed by atoms with Crippen molar-refractivity contribution < 1.29 is 8.42 Å². The SMILES string of the molecule is CCN(C)S(=O)(=O)NI. The molecule has 0 saturated heterocycles. The first-order valence-electron chi connectivity index (χ1n) is 2.38. The fraction of sp³-hybridized carbons (Fsp3) is 1.00. The average Bonchev–Trinajstić information content (AvgIpc) is 1.86. The predicted octanol–water partition coefficient (Wildman–Crippen LogP) is 0.123. The van der Waals surface area contributed by atoms with Crippen molar-refractivity contribution in [2.75, 3.05) is 13.6 Å². The number of nitrogens with one attached hydrogen (secondary N) is 1. The van der Waals surface area contributed by atoms with Crippen molar-refractivity contribution in [1.29, 1.82) is 0 Å². The molecule has 0 bridgehead atoms. The van der Waals surface area contributed by atoms with Crippen LogP contribution < -0.4 is 2.94 Å². The molecule has 0 spiro atoms. The topological polar surface area (TPSA) is 49.4 Å². The van der Waals surface area contributed by atoms with Gasteiger partial charge in [0.2, 0.25) is 0 Å².